The highest BCUT2D eigenvalue weighted by molar-refractivity contribution is 7.90. The molecule has 0 saturated heterocycles. The van der Waals surface area contributed by atoms with Crippen LogP contribution in [0.25, 0.3) is 0 Å². The molecule has 0 aromatic heterocycles. The maximum atomic E-state index is 11.3. The van der Waals surface area contributed by atoms with E-state index in [9.17, 15) is 8.42 Å². The van der Waals surface area contributed by atoms with Crippen molar-refractivity contribution in [1.29, 1.82) is 0 Å². The summed E-state index contributed by atoms with van der Waals surface area (Å²) < 4.78 is 22.7. The second-order valence-corrected chi connectivity index (χ2v) is 7.36. The third-order valence-electron chi connectivity index (χ3n) is 3.39. The topological polar surface area (TPSA) is 46.2 Å². The normalized spacial score (nSPS) is 11.5. The molecule has 0 spiro atoms. The van der Waals surface area contributed by atoms with E-state index in [0.717, 1.165) is 12.2 Å². The number of rotatable bonds is 10. The summed E-state index contributed by atoms with van der Waals surface area (Å²) in [6, 6.07) is 6.97. The van der Waals surface area contributed by atoms with Crippen LogP contribution in [0.15, 0.2) is 29.2 Å². The van der Waals surface area contributed by atoms with Gasteiger partial charge in [-0.1, -0.05) is 45.4 Å². The SMILES string of the molecule is CCCCCCCCCNc1ccc(S(C)(=O)=O)cc1. The number of sulfone groups is 1. The average molecular weight is 297 g/mol. The van der Waals surface area contributed by atoms with E-state index in [1.54, 1.807) is 12.1 Å². The van der Waals surface area contributed by atoms with E-state index in [0.29, 0.717) is 4.90 Å². The van der Waals surface area contributed by atoms with Crippen LogP contribution in [-0.2, 0) is 9.84 Å². The Balaban J connectivity index is 2.16. The van der Waals surface area contributed by atoms with E-state index < -0.39 is 9.84 Å². The lowest BCUT2D eigenvalue weighted by atomic mass is 10.1. The molecule has 0 saturated carbocycles. The van der Waals surface area contributed by atoms with Gasteiger partial charge in [0.05, 0.1) is 4.90 Å². The van der Waals surface area contributed by atoms with Crippen LogP contribution in [-0.4, -0.2) is 21.2 Å². The van der Waals surface area contributed by atoms with Gasteiger partial charge in [-0.2, -0.15) is 0 Å². The van der Waals surface area contributed by atoms with Gasteiger partial charge in [-0.15, -0.1) is 0 Å². The lowest BCUT2D eigenvalue weighted by Gasteiger charge is -2.07. The Morgan fingerprint density at radius 2 is 1.45 bits per heavy atom. The van der Waals surface area contributed by atoms with Crippen LogP contribution in [0.1, 0.15) is 51.9 Å². The quantitative estimate of drug-likeness (QED) is 0.657. The number of benzene rings is 1. The first-order valence-electron chi connectivity index (χ1n) is 7.58. The van der Waals surface area contributed by atoms with Gasteiger partial charge >= 0.3 is 0 Å². The van der Waals surface area contributed by atoms with Gasteiger partial charge < -0.3 is 5.32 Å². The van der Waals surface area contributed by atoms with Gasteiger partial charge in [0.15, 0.2) is 9.84 Å². The monoisotopic (exact) mass is 297 g/mol. The molecule has 4 heteroatoms. The average Bonchev–Trinajstić information content (AvgIpc) is 2.41. The van der Waals surface area contributed by atoms with Gasteiger partial charge in [-0.3, -0.25) is 0 Å². The Hall–Kier alpha value is -1.03. The van der Waals surface area contributed by atoms with E-state index in [1.165, 1.54) is 51.2 Å². The molecule has 0 atom stereocenters. The molecule has 0 aliphatic heterocycles. The van der Waals surface area contributed by atoms with Gasteiger partial charge in [-0.05, 0) is 30.7 Å². The van der Waals surface area contributed by atoms with Crippen molar-refractivity contribution in [3.8, 4) is 0 Å². The molecule has 114 valence electrons. The number of hydrogen-bond acceptors (Lipinski definition) is 3. The zero-order valence-electron chi connectivity index (χ0n) is 12.7. The summed E-state index contributed by atoms with van der Waals surface area (Å²) in [5.74, 6) is 0. The van der Waals surface area contributed by atoms with Crippen LogP contribution in [0.5, 0.6) is 0 Å². The first-order chi connectivity index (χ1) is 9.54. The number of anilines is 1. The Kier molecular flexibility index (Phi) is 7.67. The number of unbranched alkanes of at least 4 members (excludes halogenated alkanes) is 6. The molecule has 0 bridgehead atoms. The molecule has 0 fully saturated rings. The molecular weight excluding hydrogens is 270 g/mol. The Labute approximate surface area is 123 Å². The summed E-state index contributed by atoms with van der Waals surface area (Å²) in [6.45, 7) is 3.19. The largest absolute Gasteiger partial charge is 0.385 e. The summed E-state index contributed by atoms with van der Waals surface area (Å²) >= 11 is 0. The van der Waals surface area contributed by atoms with Crippen molar-refractivity contribution < 1.29 is 8.42 Å². The predicted molar refractivity (Wildman–Crippen MR) is 86.0 cm³/mol. The molecule has 0 radical (unpaired) electrons. The van der Waals surface area contributed by atoms with Crippen molar-refractivity contribution >= 4 is 15.5 Å². The molecule has 1 rings (SSSR count). The molecule has 0 aliphatic carbocycles. The van der Waals surface area contributed by atoms with Crippen molar-refractivity contribution in [3.63, 3.8) is 0 Å². The fraction of sp³-hybridized carbons (Fsp3) is 0.625. The minimum atomic E-state index is -3.09. The summed E-state index contributed by atoms with van der Waals surface area (Å²) in [5.41, 5.74) is 0.989. The molecule has 1 N–H and O–H groups in total. The van der Waals surface area contributed by atoms with E-state index >= 15 is 0 Å². The molecule has 1 aromatic rings. The number of hydrogen-bond donors (Lipinski definition) is 1. The Morgan fingerprint density at radius 1 is 0.900 bits per heavy atom. The molecular formula is C16H27NO2S. The van der Waals surface area contributed by atoms with E-state index in [-0.39, 0.29) is 0 Å². The van der Waals surface area contributed by atoms with Crippen molar-refractivity contribution in [2.24, 2.45) is 0 Å². The predicted octanol–water partition coefficient (Wildman–Crippen LogP) is 4.25. The van der Waals surface area contributed by atoms with Crippen LogP contribution < -0.4 is 5.32 Å². The first-order valence-corrected chi connectivity index (χ1v) is 9.47. The second-order valence-electron chi connectivity index (χ2n) is 5.34. The minimum absolute atomic E-state index is 0.374. The molecule has 0 amide bonds. The lowest BCUT2D eigenvalue weighted by Crippen LogP contribution is -2.02. The van der Waals surface area contributed by atoms with Gasteiger partial charge in [0.25, 0.3) is 0 Å². The summed E-state index contributed by atoms with van der Waals surface area (Å²) in [5, 5.41) is 3.33. The molecule has 0 heterocycles. The van der Waals surface area contributed by atoms with Crippen molar-refractivity contribution in [2.75, 3.05) is 18.1 Å². The third-order valence-corrected chi connectivity index (χ3v) is 4.52. The Bertz CT molecular complexity index is 466. The van der Waals surface area contributed by atoms with E-state index in [4.69, 9.17) is 0 Å². The molecule has 0 unspecified atom stereocenters. The zero-order chi connectivity index (χ0) is 14.8. The van der Waals surface area contributed by atoms with Crippen LogP contribution in [0.4, 0.5) is 5.69 Å². The van der Waals surface area contributed by atoms with E-state index in [1.807, 2.05) is 12.1 Å². The smallest absolute Gasteiger partial charge is 0.175 e. The van der Waals surface area contributed by atoms with Crippen LogP contribution in [0, 0.1) is 0 Å². The van der Waals surface area contributed by atoms with E-state index in [2.05, 4.69) is 12.2 Å². The number of nitrogens with one attached hydrogen (secondary N) is 1. The lowest BCUT2D eigenvalue weighted by molar-refractivity contribution is 0.596. The van der Waals surface area contributed by atoms with Crippen molar-refractivity contribution in [1.82, 2.24) is 0 Å². The van der Waals surface area contributed by atoms with Gasteiger partial charge in [0.1, 0.15) is 0 Å². The molecule has 20 heavy (non-hydrogen) atoms. The summed E-state index contributed by atoms with van der Waals surface area (Å²) in [7, 11) is -3.09. The van der Waals surface area contributed by atoms with Gasteiger partial charge in [0, 0.05) is 18.5 Å². The molecule has 3 nitrogen and oxygen atoms in total. The fourth-order valence-corrected chi connectivity index (χ4v) is 2.77. The third kappa shape index (κ3) is 6.94. The maximum Gasteiger partial charge on any atom is 0.175 e. The van der Waals surface area contributed by atoms with Crippen LogP contribution in [0.2, 0.25) is 0 Å². The molecule has 0 aliphatic rings. The first kappa shape index (κ1) is 17.0. The van der Waals surface area contributed by atoms with Crippen molar-refractivity contribution in [3.05, 3.63) is 24.3 Å². The highest BCUT2D eigenvalue weighted by Gasteiger charge is 2.05. The Morgan fingerprint density at radius 3 is 2.00 bits per heavy atom. The summed E-state index contributed by atoms with van der Waals surface area (Å²) in [6.07, 6.45) is 10.3. The molecule has 1 aromatic carbocycles. The van der Waals surface area contributed by atoms with Gasteiger partial charge in [-0.25, -0.2) is 8.42 Å². The standard InChI is InChI=1S/C16H27NO2S/c1-3-4-5-6-7-8-9-14-17-15-10-12-16(13-11-15)20(2,18)19/h10-13,17H,3-9,14H2,1-2H3. The fourth-order valence-electron chi connectivity index (χ4n) is 2.13. The van der Waals surface area contributed by atoms with Crippen LogP contribution in [0.3, 0.4) is 0 Å². The highest BCUT2D eigenvalue weighted by Crippen LogP contribution is 2.14. The summed E-state index contributed by atoms with van der Waals surface area (Å²) in [4.78, 5) is 0.374. The maximum absolute atomic E-state index is 11.3. The van der Waals surface area contributed by atoms with Crippen LogP contribution >= 0.6 is 0 Å². The minimum Gasteiger partial charge on any atom is -0.385 e. The van der Waals surface area contributed by atoms with Crippen molar-refractivity contribution in [2.45, 2.75) is 56.8 Å². The zero-order valence-corrected chi connectivity index (χ0v) is 13.5. The van der Waals surface area contributed by atoms with Gasteiger partial charge in [0.2, 0.25) is 0 Å². The highest BCUT2D eigenvalue weighted by atomic mass is 32.2. The second kappa shape index (κ2) is 9.01.